The predicted molar refractivity (Wildman–Crippen MR) is 77.9 cm³/mol. The molecule has 0 saturated carbocycles. The van der Waals surface area contributed by atoms with Gasteiger partial charge in [0.25, 0.3) is 0 Å². The SMILES string of the molecule is CCN(CC1CCCO1)c1ccc(Cl)cc1CCl. The molecule has 0 radical (unpaired) electrons. The van der Waals surface area contributed by atoms with Crippen LogP contribution in [0.4, 0.5) is 5.69 Å². The Hall–Kier alpha value is -0.440. The molecule has 4 heteroatoms. The van der Waals surface area contributed by atoms with Crippen LogP contribution in [0.15, 0.2) is 18.2 Å². The van der Waals surface area contributed by atoms with Crippen LogP contribution in [0.2, 0.25) is 5.02 Å². The fourth-order valence-electron chi connectivity index (χ4n) is 2.40. The summed E-state index contributed by atoms with van der Waals surface area (Å²) in [5, 5.41) is 0.738. The van der Waals surface area contributed by atoms with E-state index in [0.29, 0.717) is 12.0 Å². The molecule has 0 bridgehead atoms. The van der Waals surface area contributed by atoms with Gasteiger partial charge in [-0.1, -0.05) is 11.6 Å². The molecule has 1 unspecified atom stereocenters. The lowest BCUT2D eigenvalue weighted by molar-refractivity contribution is 0.115. The van der Waals surface area contributed by atoms with E-state index in [1.165, 1.54) is 12.1 Å². The van der Waals surface area contributed by atoms with Crippen LogP contribution < -0.4 is 4.90 Å². The third kappa shape index (κ3) is 3.31. The van der Waals surface area contributed by atoms with E-state index in [-0.39, 0.29) is 0 Å². The molecule has 1 saturated heterocycles. The maximum atomic E-state index is 6.01. The van der Waals surface area contributed by atoms with E-state index in [0.717, 1.165) is 36.7 Å². The topological polar surface area (TPSA) is 12.5 Å². The lowest BCUT2D eigenvalue weighted by Crippen LogP contribution is -2.32. The molecule has 1 aliphatic rings. The van der Waals surface area contributed by atoms with E-state index in [2.05, 4.69) is 17.9 Å². The average molecular weight is 288 g/mol. The molecular weight excluding hydrogens is 269 g/mol. The summed E-state index contributed by atoms with van der Waals surface area (Å²) in [4.78, 5) is 2.32. The van der Waals surface area contributed by atoms with E-state index in [9.17, 15) is 0 Å². The van der Waals surface area contributed by atoms with Gasteiger partial charge in [-0.15, -0.1) is 11.6 Å². The number of rotatable bonds is 5. The molecule has 1 aromatic rings. The third-order valence-electron chi connectivity index (χ3n) is 3.36. The summed E-state index contributed by atoms with van der Waals surface area (Å²) >= 11 is 12.0. The number of benzene rings is 1. The Morgan fingerprint density at radius 3 is 2.89 bits per heavy atom. The zero-order valence-electron chi connectivity index (χ0n) is 10.7. The van der Waals surface area contributed by atoms with Crippen molar-refractivity contribution in [3.8, 4) is 0 Å². The molecule has 2 rings (SSSR count). The smallest absolute Gasteiger partial charge is 0.0750 e. The number of nitrogens with zero attached hydrogens (tertiary/aromatic N) is 1. The second-order valence-electron chi connectivity index (χ2n) is 4.58. The first kappa shape index (κ1) is 14.0. The highest BCUT2D eigenvalue weighted by Gasteiger charge is 2.20. The van der Waals surface area contributed by atoms with Crippen molar-refractivity contribution in [2.24, 2.45) is 0 Å². The monoisotopic (exact) mass is 287 g/mol. The second kappa shape index (κ2) is 6.65. The van der Waals surface area contributed by atoms with Crippen LogP contribution in [0.5, 0.6) is 0 Å². The molecule has 1 aromatic carbocycles. The molecule has 1 aliphatic heterocycles. The molecule has 0 aromatic heterocycles. The summed E-state index contributed by atoms with van der Waals surface area (Å²) < 4.78 is 5.70. The molecule has 0 amide bonds. The minimum Gasteiger partial charge on any atom is -0.376 e. The lowest BCUT2D eigenvalue weighted by atomic mass is 10.1. The number of likely N-dealkylation sites (N-methyl/N-ethyl adjacent to an activating group) is 1. The molecule has 100 valence electrons. The largest absolute Gasteiger partial charge is 0.376 e. The molecule has 1 heterocycles. The molecule has 0 N–H and O–H groups in total. The Morgan fingerprint density at radius 1 is 1.44 bits per heavy atom. The van der Waals surface area contributed by atoms with E-state index in [1.807, 2.05) is 12.1 Å². The summed E-state index contributed by atoms with van der Waals surface area (Å²) in [7, 11) is 0. The van der Waals surface area contributed by atoms with Crippen molar-refractivity contribution in [3.63, 3.8) is 0 Å². The highest BCUT2D eigenvalue weighted by molar-refractivity contribution is 6.30. The Labute approximate surface area is 119 Å². The summed E-state index contributed by atoms with van der Waals surface area (Å²) in [6.45, 7) is 4.93. The van der Waals surface area contributed by atoms with E-state index < -0.39 is 0 Å². The number of alkyl halides is 1. The molecule has 18 heavy (non-hydrogen) atoms. The molecule has 1 atom stereocenters. The maximum absolute atomic E-state index is 6.01. The van der Waals surface area contributed by atoms with Gasteiger partial charge in [-0.3, -0.25) is 0 Å². The van der Waals surface area contributed by atoms with Gasteiger partial charge in [0.15, 0.2) is 0 Å². The fourth-order valence-corrected chi connectivity index (χ4v) is 2.81. The Kier molecular flexibility index (Phi) is 5.16. The third-order valence-corrected chi connectivity index (χ3v) is 3.88. The summed E-state index contributed by atoms with van der Waals surface area (Å²) in [5.74, 6) is 0.484. The average Bonchev–Trinajstić information content (AvgIpc) is 2.89. The van der Waals surface area contributed by atoms with Crippen molar-refractivity contribution >= 4 is 28.9 Å². The molecule has 0 aliphatic carbocycles. The van der Waals surface area contributed by atoms with Crippen LogP contribution in [0.1, 0.15) is 25.3 Å². The predicted octanol–water partition coefficient (Wildman–Crippen LogP) is 4.08. The second-order valence-corrected chi connectivity index (χ2v) is 5.28. The zero-order chi connectivity index (χ0) is 13.0. The first-order valence-corrected chi connectivity index (χ1v) is 7.36. The zero-order valence-corrected chi connectivity index (χ0v) is 12.2. The number of ether oxygens (including phenoxy) is 1. The van der Waals surface area contributed by atoms with Gasteiger partial charge in [-0.25, -0.2) is 0 Å². The van der Waals surface area contributed by atoms with E-state index >= 15 is 0 Å². The minimum absolute atomic E-state index is 0.351. The highest BCUT2D eigenvalue weighted by Crippen LogP contribution is 2.27. The Balaban J connectivity index is 2.15. The van der Waals surface area contributed by atoms with Gasteiger partial charge in [0, 0.05) is 36.3 Å². The van der Waals surface area contributed by atoms with Crippen LogP contribution >= 0.6 is 23.2 Å². The van der Waals surface area contributed by atoms with Crippen LogP contribution in [-0.2, 0) is 10.6 Å². The van der Waals surface area contributed by atoms with Crippen molar-refractivity contribution in [1.29, 1.82) is 0 Å². The fraction of sp³-hybridized carbons (Fsp3) is 0.571. The number of anilines is 1. The summed E-state index contributed by atoms with van der Waals surface area (Å²) in [6.07, 6.45) is 2.68. The molecule has 2 nitrogen and oxygen atoms in total. The van der Waals surface area contributed by atoms with Gasteiger partial charge < -0.3 is 9.64 Å². The maximum Gasteiger partial charge on any atom is 0.0750 e. The quantitative estimate of drug-likeness (QED) is 0.757. The van der Waals surface area contributed by atoms with Gasteiger partial charge in [0.1, 0.15) is 0 Å². The van der Waals surface area contributed by atoms with Gasteiger partial charge >= 0.3 is 0 Å². The Bertz CT molecular complexity index is 391. The number of hydrogen-bond acceptors (Lipinski definition) is 2. The molecule has 0 spiro atoms. The molecular formula is C14H19Cl2NO. The van der Waals surface area contributed by atoms with Crippen LogP contribution in [0, 0.1) is 0 Å². The van der Waals surface area contributed by atoms with Gasteiger partial charge in [-0.2, -0.15) is 0 Å². The first-order valence-electron chi connectivity index (χ1n) is 6.45. The van der Waals surface area contributed by atoms with Crippen molar-refractivity contribution < 1.29 is 4.74 Å². The number of halogens is 2. The Morgan fingerprint density at radius 2 is 2.28 bits per heavy atom. The standard InChI is InChI=1S/C14H19Cl2NO/c1-2-17(10-13-4-3-7-18-13)14-6-5-12(16)8-11(14)9-15/h5-6,8,13H,2-4,7,9-10H2,1H3. The van der Waals surface area contributed by atoms with E-state index in [1.54, 1.807) is 0 Å². The number of hydrogen-bond donors (Lipinski definition) is 0. The van der Waals surface area contributed by atoms with Crippen LogP contribution in [0.25, 0.3) is 0 Å². The van der Waals surface area contributed by atoms with Crippen molar-refractivity contribution in [2.45, 2.75) is 31.7 Å². The summed E-state index contributed by atoms with van der Waals surface area (Å²) in [6, 6.07) is 5.92. The highest BCUT2D eigenvalue weighted by atomic mass is 35.5. The van der Waals surface area contributed by atoms with Crippen molar-refractivity contribution in [2.75, 3.05) is 24.6 Å². The van der Waals surface area contributed by atoms with Crippen LogP contribution in [0.3, 0.4) is 0 Å². The minimum atomic E-state index is 0.351. The van der Waals surface area contributed by atoms with Crippen LogP contribution in [-0.4, -0.2) is 25.8 Å². The first-order chi connectivity index (χ1) is 8.74. The van der Waals surface area contributed by atoms with E-state index in [4.69, 9.17) is 27.9 Å². The summed E-state index contributed by atoms with van der Waals surface area (Å²) in [5.41, 5.74) is 2.26. The lowest BCUT2D eigenvalue weighted by Gasteiger charge is -2.28. The molecule has 1 fully saturated rings. The van der Waals surface area contributed by atoms with Gasteiger partial charge in [-0.05, 0) is 43.5 Å². The van der Waals surface area contributed by atoms with Gasteiger partial charge in [0.05, 0.1) is 6.10 Å². The van der Waals surface area contributed by atoms with Gasteiger partial charge in [0.2, 0.25) is 0 Å². The van der Waals surface area contributed by atoms with Crippen molar-refractivity contribution in [1.82, 2.24) is 0 Å². The van der Waals surface area contributed by atoms with Crippen molar-refractivity contribution in [3.05, 3.63) is 28.8 Å². The normalized spacial score (nSPS) is 19.2.